The average molecular weight is 263 g/mol. The number of piperidine rings is 1. The summed E-state index contributed by atoms with van der Waals surface area (Å²) in [5, 5.41) is 9.14. The molecule has 0 spiro atoms. The number of aryl methyl sites for hydroxylation is 1. The molecule has 1 unspecified atom stereocenters. The number of ether oxygens (including phenoxy) is 1. The maximum absolute atomic E-state index is 9.14. The van der Waals surface area contributed by atoms with Crippen molar-refractivity contribution in [2.24, 2.45) is 5.92 Å². The molecule has 0 amide bonds. The van der Waals surface area contributed by atoms with Gasteiger partial charge in [0.15, 0.2) is 0 Å². The minimum Gasteiger partial charge on any atom is -0.489 e. The molecular formula is C16H25NO2. The zero-order chi connectivity index (χ0) is 13.7. The molecule has 0 aromatic heterocycles. The Morgan fingerprint density at radius 1 is 1.32 bits per heavy atom. The second-order valence-electron chi connectivity index (χ2n) is 5.62. The Morgan fingerprint density at radius 2 is 2.00 bits per heavy atom. The summed E-state index contributed by atoms with van der Waals surface area (Å²) in [4.78, 5) is 2.44. The summed E-state index contributed by atoms with van der Waals surface area (Å²) in [6.45, 7) is 7.66. The van der Waals surface area contributed by atoms with E-state index in [1.807, 2.05) is 18.2 Å². The van der Waals surface area contributed by atoms with Gasteiger partial charge in [0.2, 0.25) is 0 Å². The van der Waals surface area contributed by atoms with E-state index in [1.165, 1.54) is 5.56 Å². The number of hydrogen-bond acceptors (Lipinski definition) is 3. The molecule has 106 valence electrons. The Labute approximate surface area is 116 Å². The Balaban J connectivity index is 1.79. The van der Waals surface area contributed by atoms with Crippen LogP contribution in [0, 0.1) is 12.8 Å². The van der Waals surface area contributed by atoms with E-state index < -0.39 is 0 Å². The third-order valence-corrected chi connectivity index (χ3v) is 3.90. The summed E-state index contributed by atoms with van der Waals surface area (Å²) in [6, 6.07) is 8.16. The lowest BCUT2D eigenvalue weighted by molar-refractivity contribution is 0.0939. The molecule has 1 heterocycles. The monoisotopic (exact) mass is 263 g/mol. The van der Waals surface area contributed by atoms with Gasteiger partial charge in [-0.05, 0) is 57.3 Å². The van der Waals surface area contributed by atoms with Crippen molar-refractivity contribution in [2.75, 3.05) is 26.2 Å². The van der Waals surface area contributed by atoms with Crippen LogP contribution >= 0.6 is 0 Å². The van der Waals surface area contributed by atoms with E-state index in [9.17, 15) is 0 Å². The van der Waals surface area contributed by atoms with Crippen molar-refractivity contribution in [2.45, 2.75) is 32.8 Å². The van der Waals surface area contributed by atoms with Crippen LogP contribution in [0.15, 0.2) is 24.3 Å². The minimum absolute atomic E-state index is 0.201. The summed E-state index contributed by atoms with van der Waals surface area (Å²) in [6.07, 6.45) is 2.41. The summed E-state index contributed by atoms with van der Waals surface area (Å²) in [5.41, 5.74) is 1.19. The predicted molar refractivity (Wildman–Crippen MR) is 77.5 cm³/mol. The highest BCUT2D eigenvalue weighted by molar-refractivity contribution is 5.31. The van der Waals surface area contributed by atoms with Gasteiger partial charge >= 0.3 is 0 Å². The first-order valence-electron chi connectivity index (χ1n) is 7.24. The molecule has 3 nitrogen and oxygen atoms in total. The van der Waals surface area contributed by atoms with Crippen LogP contribution in [0.5, 0.6) is 5.75 Å². The van der Waals surface area contributed by atoms with Gasteiger partial charge in [0.05, 0.1) is 0 Å². The highest BCUT2D eigenvalue weighted by Gasteiger charge is 2.20. The van der Waals surface area contributed by atoms with Crippen LogP contribution in [-0.2, 0) is 0 Å². The predicted octanol–water partition coefficient (Wildman–Crippen LogP) is 2.47. The second kappa shape index (κ2) is 6.92. The van der Waals surface area contributed by atoms with Gasteiger partial charge in [0.1, 0.15) is 11.9 Å². The number of aliphatic hydroxyl groups excluding tert-OH is 1. The topological polar surface area (TPSA) is 32.7 Å². The quantitative estimate of drug-likeness (QED) is 0.886. The van der Waals surface area contributed by atoms with Crippen molar-refractivity contribution in [1.29, 1.82) is 0 Å². The van der Waals surface area contributed by atoms with Gasteiger partial charge < -0.3 is 9.84 Å². The molecule has 0 radical (unpaired) electrons. The molecule has 2 rings (SSSR count). The largest absolute Gasteiger partial charge is 0.489 e. The second-order valence-corrected chi connectivity index (χ2v) is 5.62. The van der Waals surface area contributed by atoms with Gasteiger partial charge in [0, 0.05) is 13.2 Å². The molecule has 0 saturated carbocycles. The van der Waals surface area contributed by atoms with Gasteiger partial charge in [-0.3, -0.25) is 4.90 Å². The van der Waals surface area contributed by atoms with Crippen molar-refractivity contribution >= 4 is 0 Å². The average Bonchev–Trinajstić information content (AvgIpc) is 2.42. The van der Waals surface area contributed by atoms with E-state index in [4.69, 9.17) is 9.84 Å². The lowest BCUT2D eigenvalue weighted by Gasteiger charge is -2.32. The van der Waals surface area contributed by atoms with E-state index in [0.717, 1.165) is 38.2 Å². The van der Waals surface area contributed by atoms with Crippen LogP contribution in [0.25, 0.3) is 0 Å². The molecule has 1 N–H and O–H groups in total. The number of aliphatic hydroxyl groups is 1. The molecule has 1 aromatic carbocycles. The van der Waals surface area contributed by atoms with E-state index in [-0.39, 0.29) is 6.10 Å². The molecule has 1 saturated heterocycles. The molecule has 1 aliphatic rings. The van der Waals surface area contributed by atoms with Crippen LogP contribution in [-0.4, -0.2) is 42.4 Å². The minimum atomic E-state index is 0.201. The fourth-order valence-corrected chi connectivity index (χ4v) is 2.66. The summed E-state index contributed by atoms with van der Waals surface area (Å²) in [5.74, 6) is 1.49. The van der Waals surface area contributed by atoms with Gasteiger partial charge in [-0.25, -0.2) is 0 Å². The fourth-order valence-electron chi connectivity index (χ4n) is 2.66. The Hall–Kier alpha value is -1.06. The standard InChI is InChI=1S/C16H25NO2/c1-13-5-3-4-6-16(13)19-14(2)11-17-9-7-15(12-18)8-10-17/h3-6,14-15,18H,7-12H2,1-2H3. The maximum atomic E-state index is 9.14. The molecule has 0 aliphatic carbocycles. The first kappa shape index (κ1) is 14.4. The molecule has 3 heteroatoms. The van der Waals surface area contributed by atoms with Gasteiger partial charge in [-0.2, -0.15) is 0 Å². The van der Waals surface area contributed by atoms with E-state index in [1.54, 1.807) is 0 Å². The van der Waals surface area contributed by atoms with E-state index in [0.29, 0.717) is 12.5 Å². The maximum Gasteiger partial charge on any atom is 0.122 e. The number of rotatable bonds is 5. The Bertz CT molecular complexity index is 386. The SMILES string of the molecule is Cc1ccccc1OC(C)CN1CCC(CO)CC1. The van der Waals surface area contributed by atoms with Crippen molar-refractivity contribution in [3.8, 4) is 5.75 Å². The Morgan fingerprint density at radius 3 is 2.63 bits per heavy atom. The van der Waals surface area contributed by atoms with Crippen molar-refractivity contribution in [3.05, 3.63) is 29.8 Å². The first-order valence-corrected chi connectivity index (χ1v) is 7.24. The van der Waals surface area contributed by atoms with Crippen LogP contribution in [0.4, 0.5) is 0 Å². The number of hydrogen-bond donors (Lipinski definition) is 1. The van der Waals surface area contributed by atoms with Gasteiger partial charge in [0.25, 0.3) is 0 Å². The van der Waals surface area contributed by atoms with E-state index in [2.05, 4.69) is 24.8 Å². The highest BCUT2D eigenvalue weighted by Crippen LogP contribution is 2.20. The molecule has 1 atom stereocenters. The zero-order valence-corrected chi connectivity index (χ0v) is 12.0. The smallest absolute Gasteiger partial charge is 0.122 e. The van der Waals surface area contributed by atoms with Gasteiger partial charge in [-0.1, -0.05) is 18.2 Å². The fraction of sp³-hybridized carbons (Fsp3) is 0.625. The molecular weight excluding hydrogens is 238 g/mol. The zero-order valence-electron chi connectivity index (χ0n) is 12.0. The number of para-hydroxylation sites is 1. The number of benzene rings is 1. The Kier molecular flexibility index (Phi) is 5.23. The van der Waals surface area contributed by atoms with Crippen LogP contribution < -0.4 is 4.74 Å². The lowest BCUT2D eigenvalue weighted by atomic mass is 9.98. The normalized spacial score (nSPS) is 19.3. The van der Waals surface area contributed by atoms with Crippen LogP contribution in [0.2, 0.25) is 0 Å². The third-order valence-electron chi connectivity index (χ3n) is 3.90. The summed E-state index contributed by atoms with van der Waals surface area (Å²) >= 11 is 0. The molecule has 1 fully saturated rings. The van der Waals surface area contributed by atoms with Crippen molar-refractivity contribution < 1.29 is 9.84 Å². The van der Waals surface area contributed by atoms with Crippen LogP contribution in [0.1, 0.15) is 25.3 Å². The summed E-state index contributed by atoms with van der Waals surface area (Å²) < 4.78 is 6.01. The van der Waals surface area contributed by atoms with Gasteiger partial charge in [-0.15, -0.1) is 0 Å². The third kappa shape index (κ3) is 4.22. The molecule has 1 aliphatic heterocycles. The first-order chi connectivity index (χ1) is 9.19. The number of likely N-dealkylation sites (tertiary alicyclic amines) is 1. The molecule has 1 aromatic rings. The number of nitrogens with zero attached hydrogens (tertiary/aromatic N) is 1. The molecule has 19 heavy (non-hydrogen) atoms. The van der Waals surface area contributed by atoms with Crippen molar-refractivity contribution in [1.82, 2.24) is 4.90 Å². The highest BCUT2D eigenvalue weighted by atomic mass is 16.5. The van der Waals surface area contributed by atoms with Crippen LogP contribution in [0.3, 0.4) is 0 Å². The van der Waals surface area contributed by atoms with Crippen molar-refractivity contribution in [3.63, 3.8) is 0 Å². The van der Waals surface area contributed by atoms with E-state index >= 15 is 0 Å². The lowest BCUT2D eigenvalue weighted by Crippen LogP contribution is -2.40. The molecule has 0 bridgehead atoms. The summed E-state index contributed by atoms with van der Waals surface area (Å²) in [7, 11) is 0.